The van der Waals surface area contributed by atoms with Gasteiger partial charge in [0.15, 0.2) is 0 Å². The molecule has 0 bridgehead atoms. The molecule has 26 heavy (non-hydrogen) atoms. The normalized spacial score (nSPS) is 34.0. The Kier molecular flexibility index (Phi) is 4.48. The van der Waals surface area contributed by atoms with Gasteiger partial charge in [-0.15, -0.1) is 11.6 Å². The predicted molar refractivity (Wildman–Crippen MR) is 96.8 cm³/mol. The Morgan fingerprint density at radius 3 is 2.96 bits per heavy atom. The van der Waals surface area contributed by atoms with Crippen LogP contribution in [0.15, 0.2) is 33.2 Å². The van der Waals surface area contributed by atoms with E-state index in [0.717, 1.165) is 41.0 Å². The maximum atomic E-state index is 13.2. The number of alkyl halides is 4. The summed E-state index contributed by atoms with van der Waals surface area (Å²) in [6.07, 6.45) is -0.595. The fourth-order valence-electron chi connectivity index (χ4n) is 4.59. The standard InChI is InChI=1S/C18H20ClF3N2OS/c1-2-17(19)5-4-10-11-8-23-9-12(15(25)18(20,21)22)13(11)24-6-3-7-26-16(17)14(10)24/h3,7,12-13,23H,2,4-6,8-9H2,1H3. The third-order valence-electron chi connectivity index (χ3n) is 5.87. The number of thioether (sulfide) groups is 1. The molecule has 3 heterocycles. The molecule has 1 fully saturated rings. The largest absolute Gasteiger partial charge is 0.450 e. The number of carbonyl (C=O) groups is 1. The van der Waals surface area contributed by atoms with E-state index < -0.39 is 28.8 Å². The molecule has 3 unspecified atom stereocenters. The molecule has 1 saturated heterocycles. The van der Waals surface area contributed by atoms with Crippen LogP contribution in [-0.4, -0.2) is 47.4 Å². The van der Waals surface area contributed by atoms with Crippen LogP contribution in [0.2, 0.25) is 0 Å². The average molecular weight is 405 g/mol. The second-order valence-electron chi connectivity index (χ2n) is 7.19. The first-order valence-electron chi connectivity index (χ1n) is 8.84. The number of nitrogens with zero attached hydrogens (tertiary/aromatic N) is 1. The summed E-state index contributed by atoms with van der Waals surface area (Å²) in [5.41, 5.74) is 3.02. The predicted octanol–water partition coefficient (Wildman–Crippen LogP) is 3.97. The van der Waals surface area contributed by atoms with Crippen LogP contribution in [0.4, 0.5) is 13.2 Å². The average Bonchev–Trinajstić information content (AvgIpc) is 2.77. The number of ketones is 1. The number of allylic oxidation sites excluding steroid dienone is 2. The Balaban J connectivity index is 1.85. The summed E-state index contributed by atoms with van der Waals surface area (Å²) in [6, 6.07) is -0.524. The van der Waals surface area contributed by atoms with Crippen molar-refractivity contribution < 1.29 is 18.0 Å². The lowest BCUT2D eigenvalue weighted by Crippen LogP contribution is -2.53. The smallest absolute Gasteiger partial charge is 0.359 e. The van der Waals surface area contributed by atoms with Crippen LogP contribution >= 0.6 is 23.4 Å². The molecule has 3 atom stereocenters. The maximum Gasteiger partial charge on any atom is 0.450 e. The number of hydrogen-bond acceptors (Lipinski definition) is 4. The highest BCUT2D eigenvalue weighted by Crippen LogP contribution is 2.55. The first-order valence-corrected chi connectivity index (χ1v) is 10.1. The zero-order chi connectivity index (χ0) is 18.7. The van der Waals surface area contributed by atoms with Gasteiger partial charge in [-0.2, -0.15) is 13.2 Å². The van der Waals surface area contributed by atoms with Crippen molar-refractivity contribution in [2.45, 2.75) is 43.3 Å². The molecule has 3 aliphatic heterocycles. The van der Waals surface area contributed by atoms with Crippen LogP contribution in [0.25, 0.3) is 0 Å². The molecule has 142 valence electrons. The molecule has 8 heteroatoms. The zero-order valence-electron chi connectivity index (χ0n) is 14.3. The van der Waals surface area contributed by atoms with E-state index in [1.54, 1.807) is 11.8 Å². The third kappa shape index (κ3) is 2.66. The number of fused-ring (bicyclic) bond motifs is 2. The number of Topliss-reactive ketones (excluding diaryl/α,β-unsaturated/α-hetero) is 1. The van der Waals surface area contributed by atoms with Gasteiger partial charge in [0.25, 0.3) is 0 Å². The zero-order valence-corrected chi connectivity index (χ0v) is 15.9. The van der Waals surface area contributed by atoms with Crippen molar-refractivity contribution in [2.75, 3.05) is 19.6 Å². The van der Waals surface area contributed by atoms with Crippen molar-refractivity contribution in [1.29, 1.82) is 0 Å². The molecule has 3 nitrogen and oxygen atoms in total. The number of hydrogen-bond donors (Lipinski definition) is 1. The van der Waals surface area contributed by atoms with Gasteiger partial charge >= 0.3 is 6.18 Å². The molecule has 0 aromatic heterocycles. The summed E-state index contributed by atoms with van der Waals surface area (Å²) in [6.45, 7) is 3.12. The molecule has 0 radical (unpaired) electrons. The van der Waals surface area contributed by atoms with Crippen molar-refractivity contribution in [3.63, 3.8) is 0 Å². The van der Waals surface area contributed by atoms with Crippen LogP contribution in [0.5, 0.6) is 0 Å². The summed E-state index contributed by atoms with van der Waals surface area (Å²) in [5.74, 6) is -2.75. The molecular formula is C18H20ClF3N2OS. The molecular weight excluding hydrogens is 385 g/mol. The van der Waals surface area contributed by atoms with Crippen LogP contribution in [-0.2, 0) is 4.79 Å². The van der Waals surface area contributed by atoms with Crippen molar-refractivity contribution in [3.05, 3.63) is 33.2 Å². The van der Waals surface area contributed by atoms with Gasteiger partial charge in [0.05, 0.1) is 22.5 Å². The number of nitrogens with one attached hydrogen (secondary N) is 1. The lowest BCUT2D eigenvalue weighted by molar-refractivity contribution is -0.177. The lowest BCUT2D eigenvalue weighted by Gasteiger charge is -2.39. The van der Waals surface area contributed by atoms with Crippen LogP contribution in [0, 0.1) is 5.92 Å². The topological polar surface area (TPSA) is 32.3 Å². The molecule has 0 saturated carbocycles. The van der Waals surface area contributed by atoms with Gasteiger partial charge in [0.1, 0.15) is 0 Å². The second-order valence-corrected chi connectivity index (χ2v) is 8.83. The van der Waals surface area contributed by atoms with E-state index in [0.29, 0.717) is 13.1 Å². The lowest BCUT2D eigenvalue weighted by atomic mass is 9.82. The maximum absolute atomic E-state index is 13.2. The van der Waals surface area contributed by atoms with Gasteiger partial charge < -0.3 is 10.2 Å². The van der Waals surface area contributed by atoms with E-state index >= 15 is 0 Å². The van der Waals surface area contributed by atoms with Gasteiger partial charge in [-0.3, -0.25) is 4.79 Å². The fraction of sp³-hybridized carbons (Fsp3) is 0.611. The number of piperidine rings is 1. The molecule has 0 aromatic rings. The van der Waals surface area contributed by atoms with E-state index in [1.807, 2.05) is 23.3 Å². The van der Waals surface area contributed by atoms with Gasteiger partial charge in [-0.1, -0.05) is 24.8 Å². The molecule has 4 rings (SSSR count). The SMILES string of the molecule is CCC1(Cl)CCC2=C3CNCC(C(=O)C(F)(F)F)C3N3CC=CSC1=C23. The van der Waals surface area contributed by atoms with E-state index in [9.17, 15) is 18.0 Å². The first kappa shape index (κ1) is 18.4. The van der Waals surface area contributed by atoms with Crippen molar-refractivity contribution in [3.8, 4) is 0 Å². The minimum absolute atomic E-state index is 0.0511. The molecule has 1 N–H and O–H groups in total. The van der Waals surface area contributed by atoms with Gasteiger partial charge in [-0.25, -0.2) is 0 Å². The van der Waals surface area contributed by atoms with Gasteiger partial charge in [0, 0.05) is 24.5 Å². The summed E-state index contributed by atoms with van der Waals surface area (Å²) >= 11 is 8.48. The molecule has 4 aliphatic rings. The third-order valence-corrected chi connectivity index (χ3v) is 7.77. The Morgan fingerprint density at radius 1 is 1.50 bits per heavy atom. The fourth-order valence-corrected chi connectivity index (χ4v) is 6.04. The number of carbonyl (C=O) groups excluding carboxylic acids is 1. The summed E-state index contributed by atoms with van der Waals surface area (Å²) in [4.78, 5) is 14.7. The minimum atomic E-state index is -4.82. The molecule has 0 spiro atoms. The van der Waals surface area contributed by atoms with E-state index in [2.05, 4.69) is 5.32 Å². The van der Waals surface area contributed by atoms with E-state index in [1.165, 1.54) is 0 Å². The highest BCUT2D eigenvalue weighted by atomic mass is 35.5. The summed E-state index contributed by atoms with van der Waals surface area (Å²) in [7, 11) is 0. The Labute approximate surface area is 159 Å². The molecule has 0 aromatic carbocycles. The number of halogens is 4. The molecule has 0 amide bonds. The van der Waals surface area contributed by atoms with Crippen LogP contribution in [0.1, 0.15) is 26.2 Å². The van der Waals surface area contributed by atoms with Crippen molar-refractivity contribution in [1.82, 2.24) is 10.2 Å². The first-order chi connectivity index (χ1) is 12.3. The van der Waals surface area contributed by atoms with Crippen molar-refractivity contribution in [2.24, 2.45) is 5.92 Å². The highest BCUT2D eigenvalue weighted by Gasteiger charge is 2.54. The van der Waals surface area contributed by atoms with Crippen LogP contribution in [0.3, 0.4) is 0 Å². The Bertz CT molecular complexity index is 745. The molecule has 1 aliphatic carbocycles. The Hall–Kier alpha value is -0.920. The van der Waals surface area contributed by atoms with Gasteiger partial charge in [-0.05, 0) is 35.8 Å². The van der Waals surface area contributed by atoms with E-state index in [4.69, 9.17) is 11.6 Å². The monoisotopic (exact) mass is 404 g/mol. The van der Waals surface area contributed by atoms with Crippen LogP contribution < -0.4 is 5.32 Å². The quantitative estimate of drug-likeness (QED) is 0.706. The minimum Gasteiger partial charge on any atom is -0.359 e. The summed E-state index contributed by atoms with van der Waals surface area (Å²) in [5, 5.41) is 5.01. The highest BCUT2D eigenvalue weighted by molar-refractivity contribution is 8.06. The second kappa shape index (κ2) is 6.31. The summed E-state index contributed by atoms with van der Waals surface area (Å²) < 4.78 is 39.5. The Morgan fingerprint density at radius 2 is 2.27 bits per heavy atom. The van der Waals surface area contributed by atoms with Gasteiger partial charge in [0.2, 0.25) is 5.78 Å². The van der Waals surface area contributed by atoms with Crippen molar-refractivity contribution >= 4 is 29.1 Å². The van der Waals surface area contributed by atoms with E-state index in [-0.39, 0.29) is 6.54 Å². The number of rotatable bonds is 2.